The fourth-order valence-corrected chi connectivity index (χ4v) is 4.21. The first kappa shape index (κ1) is 19.9. The van der Waals surface area contributed by atoms with Crippen LogP contribution in [0.3, 0.4) is 0 Å². The van der Waals surface area contributed by atoms with Gasteiger partial charge in [-0.15, -0.1) is 0 Å². The lowest BCUT2D eigenvalue weighted by atomic mass is 10.0. The van der Waals surface area contributed by atoms with Crippen LogP contribution < -0.4 is 5.32 Å². The molecule has 7 heteroatoms. The second-order valence-electron chi connectivity index (χ2n) is 7.37. The number of rotatable bonds is 5. The molecule has 1 fully saturated rings. The third-order valence-corrected chi connectivity index (χ3v) is 5.66. The number of anilines is 1. The number of carbonyl (C=O) groups excluding carboxylic acids is 1. The third-order valence-electron chi connectivity index (χ3n) is 5.43. The van der Waals surface area contributed by atoms with Crippen LogP contribution in [0.25, 0.3) is 11.0 Å². The van der Waals surface area contributed by atoms with E-state index in [1.165, 1.54) is 6.26 Å². The molecule has 5 rings (SSSR count). The quantitative estimate of drug-likeness (QED) is 0.456. The van der Waals surface area contributed by atoms with Crippen molar-refractivity contribution in [2.75, 3.05) is 31.6 Å². The van der Waals surface area contributed by atoms with Crippen molar-refractivity contribution in [1.29, 1.82) is 0 Å². The molecule has 6 nitrogen and oxygen atoms in total. The predicted molar refractivity (Wildman–Crippen MR) is 119 cm³/mol. The smallest absolute Gasteiger partial charge is 0.291 e. The Morgan fingerprint density at radius 3 is 2.65 bits per heavy atom. The van der Waals surface area contributed by atoms with Crippen LogP contribution >= 0.6 is 11.6 Å². The van der Waals surface area contributed by atoms with Gasteiger partial charge in [-0.3, -0.25) is 9.69 Å². The molecule has 1 atom stereocenters. The van der Waals surface area contributed by atoms with Gasteiger partial charge in [0.2, 0.25) is 0 Å². The maximum absolute atomic E-state index is 12.9. The molecule has 31 heavy (non-hydrogen) atoms. The molecular formula is C24H21ClN2O4. The van der Waals surface area contributed by atoms with Crippen molar-refractivity contribution in [3.63, 3.8) is 0 Å². The zero-order valence-corrected chi connectivity index (χ0v) is 17.5. The first-order chi connectivity index (χ1) is 15.2. The highest BCUT2D eigenvalue weighted by molar-refractivity contribution is 6.30. The van der Waals surface area contributed by atoms with Crippen molar-refractivity contribution >= 4 is 34.2 Å². The molecule has 0 radical (unpaired) electrons. The van der Waals surface area contributed by atoms with Gasteiger partial charge in [-0.25, -0.2) is 0 Å². The Balaban J connectivity index is 1.65. The summed E-state index contributed by atoms with van der Waals surface area (Å²) in [6.07, 6.45) is 1.48. The fourth-order valence-electron chi connectivity index (χ4n) is 4.01. The van der Waals surface area contributed by atoms with Gasteiger partial charge in [0.1, 0.15) is 11.3 Å². The first-order valence-corrected chi connectivity index (χ1v) is 10.5. The van der Waals surface area contributed by atoms with Crippen LogP contribution in [0.4, 0.5) is 5.69 Å². The topological polar surface area (TPSA) is 67.9 Å². The first-order valence-electron chi connectivity index (χ1n) is 10.1. The normalized spacial score (nSPS) is 15.8. The van der Waals surface area contributed by atoms with Gasteiger partial charge in [-0.05, 0) is 42.0 Å². The van der Waals surface area contributed by atoms with E-state index in [1.807, 2.05) is 48.5 Å². The van der Waals surface area contributed by atoms with E-state index in [2.05, 4.69) is 10.2 Å². The van der Waals surface area contributed by atoms with Crippen LogP contribution in [0, 0.1) is 0 Å². The maximum Gasteiger partial charge on any atom is 0.291 e. The average molecular weight is 437 g/mol. The van der Waals surface area contributed by atoms with Crippen LogP contribution in [0.15, 0.2) is 75.8 Å². The number of ether oxygens (including phenoxy) is 1. The largest absolute Gasteiger partial charge is 0.459 e. The maximum atomic E-state index is 12.9. The predicted octanol–water partition coefficient (Wildman–Crippen LogP) is 5.35. The Morgan fingerprint density at radius 1 is 1.03 bits per heavy atom. The highest BCUT2D eigenvalue weighted by Crippen LogP contribution is 2.41. The molecule has 3 heterocycles. The molecule has 1 N–H and O–H groups in total. The van der Waals surface area contributed by atoms with Crippen LogP contribution in [0.1, 0.15) is 27.9 Å². The van der Waals surface area contributed by atoms with Crippen molar-refractivity contribution in [1.82, 2.24) is 4.90 Å². The molecule has 0 spiro atoms. The van der Waals surface area contributed by atoms with Crippen molar-refractivity contribution in [2.45, 2.75) is 6.04 Å². The van der Waals surface area contributed by atoms with Crippen molar-refractivity contribution in [3.8, 4) is 0 Å². The van der Waals surface area contributed by atoms with Gasteiger partial charge in [-0.1, -0.05) is 35.9 Å². The molecule has 0 aliphatic carbocycles. The number of halogens is 1. The molecule has 2 aromatic heterocycles. The van der Waals surface area contributed by atoms with E-state index in [1.54, 1.807) is 12.1 Å². The summed E-state index contributed by atoms with van der Waals surface area (Å²) in [6.45, 7) is 2.73. The monoisotopic (exact) mass is 436 g/mol. The number of hydrogen-bond donors (Lipinski definition) is 1. The number of benzene rings is 2. The SMILES string of the molecule is O=C(Nc1c([C@@H](c2cccc(Cl)c2)N2CCOCC2)oc2ccccc12)c1ccco1. The lowest BCUT2D eigenvalue weighted by Crippen LogP contribution is -2.39. The number of furan rings is 2. The van der Waals surface area contributed by atoms with Crippen molar-refractivity contribution in [3.05, 3.63) is 89.0 Å². The minimum absolute atomic E-state index is 0.234. The van der Waals surface area contributed by atoms with E-state index in [-0.39, 0.29) is 17.7 Å². The zero-order valence-electron chi connectivity index (χ0n) is 16.7. The number of nitrogens with one attached hydrogen (secondary N) is 1. The number of nitrogens with zero attached hydrogens (tertiary/aromatic N) is 1. The Bertz CT molecular complexity index is 1200. The van der Waals surface area contributed by atoms with E-state index in [0.717, 1.165) is 24.0 Å². The summed E-state index contributed by atoms with van der Waals surface area (Å²) in [6, 6.07) is 18.5. The lowest BCUT2D eigenvalue weighted by molar-refractivity contribution is 0.0206. The van der Waals surface area contributed by atoms with Crippen molar-refractivity contribution < 1.29 is 18.4 Å². The Kier molecular flexibility index (Phi) is 5.51. The van der Waals surface area contributed by atoms with Gasteiger partial charge in [-0.2, -0.15) is 0 Å². The van der Waals surface area contributed by atoms with E-state index < -0.39 is 0 Å². The summed E-state index contributed by atoms with van der Waals surface area (Å²) >= 11 is 6.33. The summed E-state index contributed by atoms with van der Waals surface area (Å²) in [7, 11) is 0. The van der Waals surface area contributed by atoms with Crippen molar-refractivity contribution in [2.24, 2.45) is 0 Å². The molecule has 1 aliphatic heterocycles. The fraction of sp³-hybridized carbons (Fsp3) is 0.208. The highest BCUT2D eigenvalue weighted by atomic mass is 35.5. The summed E-state index contributed by atoms with van der Waals surface area (Å²) in [5.41, 5.74) is 2.32. The van der Waals surface area contributed by atoms with Crippen LogP contribution in [0.5, 0.6) is 0 Å². The van der Waals surface area contributed by atoms with Gasteiger partial charge in [0.15, 0.2) is 5.76 Å². The molecule has 1 amide bonds. The number of hydrogen-bond acceptors (Lipinski definition) is 5. The molecule has 1 saturated heterocycles. The third kappa shape index (κ3) is 3.97. The van der Waals surface area contributed by atoms with E-state index in [0.29, 0.717) is 35.3 Å². The average Bonchev–Trinajstić information content (AvgIpc) is 3.44. The minimum atomic E-state index is -0.329. The summed E-state index contributed by atoms with van der Waals surface area (Å²) in [5, 5.41) is 4.50. The summed E-state index contributed by atoms with van der Waals surface area (Å²) in [5.74, 6) is 0.566. The summed E-state index contributed by atoms with van der Waals surface area (Å²) < 4.78 is 17.2. The molecule has 4 aromatic rings. The van der Waals surface area contributed by atoms with E-state index >= 15 is 0 Å². The van der Waals surface area contributed by atoms with Gasteiger partial charge in [0, 0.05) is 23.5 Å². The summed E-state index contributed by atoms with van der Waals surface area (Å²) in [4.78, 5) is 15.1. The van der Waals surface area contributed by atoms with Gasteiger partial charge < -0.3 is 18.9 Å². The molecule has 158 valence electrons. The highest BCUT2D eigenvalue weighted by Gasteiger charge is 2.32. The number of para-hydroxylation sites is 1. The number of fused-ring (bicyclic) bond motifs is 1. The minimum Gasteiger partial charge on any atom is -0.459 e. The van der Waals surface area contributed by atoms with Crippen LogP contribution in [-0.2, 0) is 4.74 Å². The molecule has 0 unspecified atom stereocenters. The molecule has 1 aliphatic rings. The van der Waals surface area contributed by atoms with E-state index in [9.17, 15) is 4.79 Å². The molecule has 0 bridgehead atoms. The lowest BCUT2D eigenvalue weighted by Gasteiger charge is -2.34. The zero-order chi connectivity index (χ0) is 21.2. The van der Waals surface area contributed by atoms with Gasteiger partial charge in [0.05, 0.1) is 31.2 Å². The Morgan fingerprint density at radius 2 is 1.87 bits per heavy atom. The second kappa shape index (κ2) is 8.59. The van der Waals surface area contributed by atoms with Gasteiger partial charge >= 0.3 is 0 Å². The van der Waals surface area contributed by atoms with Crippen LogP contribution in [0.2, 0.25) is 5.02 Å². The standard InChI is InChI=1S/C24H21ClN2O4/c25-17-6-3-5-16(15-17)22(27-10-13-29-14-11-27)23-21(18-7-1-2-8-19(18)31-23)26-24(28)20-9-4-12-30-20/h1-9,12,15,22H,10-11,13-14H2,(H,26,28)/t22-/m1/s1. The Labute approximate surface area is 184 Å². The number of amides is 1. The second-order valence-corrected chi connectivity index (χ2v) is 7.81. The molecule has 2 aromatic carbocycles. The van der Waals surface area contributed by atoms with E-state index in [4.69, 9.17) is 25.2 Å². The van der Waals surface area contributed by atoms with Gasteiger partial charge in [0.25, 0.3) is 5.91 Å². The number of morpholine rings is 1. The number of carbonyl (C=O) groups is 1. The molecular weight excluding hydrogens is 416 g/mol. The molecule has 0 saturated carbocycles. The van der Waals surface area contributed by atoms with Crippen LogP contribution in [-0.4, -0.2) is 37.1 Å². The Hall–Kier alpha value is -3.06.